The minimum Gasteiger partial charge on any atom is -0.331 e. The summed E-state index contributed by atoms with van der Waals surface area (Å²) >= 11 is 0. The normalized spacial score (nSPS) is 9.60. The highest BCUT2D eigenvalue weighted by molar-refractivity contribution is 6.29. The fourth-order valence-electron chi connectivity index (χ4n) is 0. The smallest absolute Gasteiger partial charge is 0.137 e. The van der Waals surface area contributed by atoms with E-state index in [2.05, 4.69) is 25.2 Å². The Morgan fingerprint density at radius 1 is 1.40 bits per heavy atom. The summed E-state index contributed by atoms with van der Waals surface area (Å²) in [5.41, 5.74) is 0. The Morgan fingerprint density at radius 2 is 1.60 bits per heavy atom. The van der Waals surface area contributed by atoms with Crippen molar-refractivity contribution in [3.63, 3.8) is 0 Å². The van der Waals surface area contributed by atoms with Gasteiger partial charge in [-0.15, -0.1) is 0 Å². The molecule has 1 nitrogen and oxygen atoms in total. The van der Waals surface area contributed by atoms with Gasteiger partial charge in [0.2, 0.25) is 0 Å². The summed E-state index contributed by atoms with van der Waals surface area (Å²) in [6.45, 7) is 2.15. The van der Waals surface area contributed by atoms with Gasteiger partial charge >= 0.3 is 0 Å². The van der Waals surface area contributed by atoms with Gasteiger partial charge in [0.1, 0.15) is 9.68 Å². The molecule has 0 bridgehead atoms. The lowest BCUT2D eigenvalue weighted by Crippen LogP contribution is -2.12. The Balaban J connectivity index is 2.54. The highest BCUT2D eigenvalue weighted by atomic mass is 28.2. The fourth-order valence-corrected chi connectivity index (χ4v) is 0. The summed E-state index contributed by atoms with van der Waals surface area (Å²) in [6, 6.07) is 0. The molecular formula is C3H9NSi. The third-order valence-corrected chi connectivity index (χ3v) is 1.34. The lowest BCUT2D eigenvalue weighted by atomic mass is 11.3. The Kier molecular flexibility index (Phi) is 2.50. The second-order valence-corrected chi connectivity index (χ2v) is 2.46. The van der Waals surface area contributed by atoms with Gasteiger partial charge in [-0.25, -0.2) is 0 Å². The van der Waals surface area contributed by atoms with Crippen LogP contribution in [-0.4, -0.2) is 28.3 Å². The van der Waals surface area contributed by atoms with E-state index in [1.54, 1.807) is 0 Å². The summed E-state index contributed by atoms with van der Waals surface area (Å²) in [6.07, 6.45) is 0. The zero-order chi connectivity index (χ0) is 4.28. The van der Waals surface area contributed by atoms with Gasteiger partial charge in [0.15, 0.2) is 0 Å². The minimum atomic E-state index is 0.948. The van der Waals surface area contributed by atoms with E-state index >= 15 is 0 Å². The molecule has 30 valence electrons. The number of hydrogen-bond acceptors (Lipinski definition) is 1. The van der Waals surface area contributed by atoms with Gasteiger partial charge in [-0.2, -0.15) is 0 Å². The van der Waals surface area contributed by atoms with E-state index in [0.29, 0.717) is 0 Å². The van der Waals surface area contributed by atoms with Crippen LogP contribution in [0.2, 0.25) is 6.55 Å². The van der Waals surface area contributed by atoms with Crippen molar-refractivity contribution in [1.82, 2.24) is 4.57 Å². The molecule has 2 heteroatoms. The van der Waals surface area contributed by atoms with Gasteiger partial charge in [-0.3, -0.25) is 0 Å². The first-order chi connectivity index (χ1) is 2.27. The minimum absolute atomic E-state index is 0.948. The molecule has 0 fully saturated rings. The van der Waals surface area contributed by atoms with Crippen LogP contribution < -0.4 is 0 Å². The van der Waals surface area contributed by atoms with Crippen molar-refractivity contribution in [3.8, 4) is 0 Å². The zero-order valence-corrected chi connectivity index (χ0v) is 4.95. The van der Waals surface area contributed by atoms with E-state index in [1.165, 1.54) is 0 Å². The average molecular weight is 87.2 g/mol. The van der Waals surface area contributed by atoms with Crippen LogP contribution in [0, 0.1) is 0 Å². The topological polar surface area (TPSA) is 3.24 Å². The monoisotopic (exact) mass is 87.1 g/mol. The van der Waals surface area contributed by atoms with Crippen LogP contribution in [0.25, 0.3) is 0 Å². The largest absolute Gasteiger partial charge is 0.331 e. The third-order valence-electron chi connectivity index (χ3n) is 0.447. The Hall–Kier alpha value is 0.177. The van der Waals surface area contributed by atoms with Crippen molar-refractivity contribution in [2.45, 2.75) is 6.55 Å². The van der Waals surface area contributed by atoms with Crippen molar-refractivity contribution in [1.29, 1.82) is 0 Å². The van der Waals surface area contributed by atoms with Gasteiger partial charge < -0.3 is 4.57 Å². The SMILES string of the molecule is C[Si]N(C)C. The van der Waals surface area contributed by atoms with Crippen LogP contribution in [0.3, 0.4) is 0 Å². The summed E-state index contributed by atoms with van der Waals surface area (Å²) in [4.78, 5) is 0. The predicted octanol–water partition coefficient (Wildman–Crippen LogP) is 0.215. The molecule has 0 aliphatic carbocycles. The third kappa shape index (κ3) is 4.18. The molecule has 5 heavy (non-hydrogen) atoms. The molecule has 0 saturated heterocycles. The first-order valence-electron chi connectivity index (χ1n) is 1.62. The Bertz CT molecular complexity index is 20.9. The summed E-state index contributed by atoms with van der Waals surface area (Å²) in [5, 5.41) is 0. The number of nitrogens with zero attached hydrogens (tertiary/aromatic N) is 1. The summed E-state index contributed by atoms with van der Waals surface area (Å²) < 4.78 is 2.15. The molecule has 0 unspecified atom stereocenters. The molecule has 0 aliphatic rings. The first kappa shape index (κ1) is 5.18. The van der Waals surface area contributed by atoms with E-state index in [-0.39, 0.29) is 0 Å². The Morgan fingerprint density at radius 3 is 1.60 bits per heavy atom. The standard InChI is InChI=1S/C3H9NSi/c1-4(2)5-3/h1-3H3. The van der Waals surface area contributed by atoms with Crippen molar-refractivity contribution in [2.75, 3.05) is 14.1 Å². The van der Waals surface area contributed by atoms with Gasteiger partial charge in [-0.1, -0.05) is 6.55 Å². The second-order valence-electron chi connectivity index (χ2n) is 1.12. The molecule has 0 aromatic rings. The van der Waals surface area contributed by atoms with Crippen LogP contribution in [0.5, 0.6) is 0 Å². The second kappa shape index (κ2) is 2.42. The number of rotatable bonds is 1. The molecule has 0 rings (SSSR count). The van der Waals surface area contributed by atoms with Gasteiger partial charge in [0, 0.05) is 0 Å². The highest BCUT2D eigenvalue weighted by Crippen LogP contribution is 1.60. The van der Waals surface area contributed by atoms with Crippen molar-refractivity contribution >= 4 is 9.68 Å². The van der Waals surface area contributed by atoms with E-state index in [1.807, 2.05) is 0 Å². The molecule has 0 spiro atoms. The van der Waals surface area contributed by atoms with Crippen LogP contribution in [0.15, 0.2) is 0 Å². The maximum atomic E-state index is 2.15. The molecule has 0 aromatic heterocycles. The van der Waals surface area contributed by atoms with Crippen molar-refractivity contribution < 1.29 is 0 Å². The molecule has 0 saturated carbocycles. The molecule has 0 N–H and O–H groups in total. The first-order valence-corrected chi connectivity index (χ1v) is 3.07. The van der Waals surface area contributed by atoms with Crippen LogP contribution >= 0.6 is 0 Å². The Labute approximate surface area is 35.9 Å². The molecule has 0 amide bonds. The zero-order valence-electron chi connectivity index (χ0n) is 3.95. The molecular weight excluding hydrogens is 78.1 g/mol. The predicted molar refractivity (Wildman–Crippen MR) is 25.3 cm³/mol. The van der Waals surface area contributed by atoms with Crippen LogP contribution in [0.4, 0.5) is 0 Å². The van der Waals surface area contributed by atoms with E-state index in [4.69, 9.17) is 0 Å². The van der Waals surface area contributed by atoms with Crippen molar-refractivity contribution in [2.24, 2.45) is 0 Å². The van der Waals surface area contributed by atoms with Gasteiger partial charge in [0.05, 0.1) is 0 Å². The van der Waals surface area contributed by atoms with E-state index in [0.717, 1.165) is 9.68 Å². The molecule has 0 aromatic carbocycles. The summed E-state index contributed by atoms with van der Waals surface area (Å²) in [5.74, 6) is 0. The van der Waals surface area contributed by atoms with Crippen molar-refractivity contribution in [3.05, 3.63) is 0 Å². The summed E-state index contributed by atoms with van der Waals surface area (Å²) in [7, 11) is 5.08. The lowest BCUT2D eigenvalue weighted by molar-refractivity contribution is 0.665. The van der Waals surface area contributed by atoms with Gasteiger partial charge in [-0.05, 0) is 14.1 Å². The van der Waals surface area contributed by atoms with E-state index < -0.39 is 0 Å². The van der Waals surface area contributed by atoms with E-state index in [9.17, 15) is 0 Å². The molecule has 2 radical (unpaired) electrons. The van der Waals surface area contributed by atoms with Crippen LogP contribution in [-0.2, 0) is 0 Å². The maximum absolute atomic E-state index is 2.15. The lowest BCUT2D eigenvalue weighted by Gasteiger charge is -1.98. The highest BCUT2D eigenvalue weighted by Gasteiger charge is 1.75. The molecule has 0 heterocycles. The fraction of sp³-hybridized carbons (Fsp3) is 1.00. The molecule has 0 atom stereocenters. The maximum Gasteiger partial charge on any atom is 0.137 e. The van der Waals surface area contributed by atoms with Crippen LogP contribution in [0.1, 0.15) is 0 Å². The average Bonchev–Trinajstić information content (AvgIpc) is 1.38. The number of hydrogen-bond donors (Lipinski definition) is 0. The van der Waals surface area contributed by atoms with Gasteiger partial charge in [0.25, 0.3) is 0 Å². The quantitative estimate of drug-likeness (QED) is 0.413. The molecule has 0 aliphatic heterocycles.